The van der Waals surface area contributed by atoms with Crippen LogP contribution in [-0.2, 0) is 23.8 Å². The van der Waals surface area contributed by atoms with Crippen molar-refractivity contribution in [2.45, 2.75) is 91.9 Å². The Morgan fingerprint density at radius 1 is 0.630 bits per heavy atom. The van der Waals surface area contributed by atoms with E-state index in [-0.39, 0.29) is 22.8 Å². The Balaban J connectivity index is 3.61. The highest BCUT2D eigenvalue weighted by molar-refractivity contribution is 5.69. The molecule has 0 atom stereocenters. The number of methoxy groups -OCH3 is 2. The second-order valence-electron chi connectivity index (χ2n) is 9.01. The fourth-order valence-corrected chi connectivity index (χ4v) is 3.05. The molecular weight excluding hydrogens is 344 g/mol. The van der Waals surface area contributed by atoms with Crippen LogP contribution in [0.3, 0.4) is 0 Å². The predicted octanol–water partition coefficient (Wildman–Crippen LogP) is 5.30. The first-order valence-corrected chi connectivity index (χ1v) is 10.3. The Bertz CT molecular complexity index is 377. The molecule has 160 valence electrons. The van der Waals surface area contributed by atoms with Gasteiger partial charge < -0.3 is 14.2 Å². The van der Waals surface area contributed by atoms with Crippen LogP contribution in [0.1, 0.15) is 91.9 Å². The van der Waals surface area contributed by atoms with E-state index in [0.717, 1.165) is 64.6 Å². The first kappa shape index (κ1) is 25.9. The van der Waals surface area contributed by atoms with Crippen molar-refractivity contribution in [2.24, 2.45) is 10.8 Å². The third kappa shape index (κ3) is 15.6. The Morgan fingerprint density at radius 3 is 1.33 bits per heavy atom. The molecule has 0 aliphatic rings. The summed E-state index contributed by atoms with van der Waals surface area (Å²) < 4.78 is 15.2. The molecule has 0 saturated heterocycles. The van der Waals surface area contributed by atoms with Gasteiger partial charge in [-0.25, -0.2) is 0 Å². The van der Waals surface area contributed by atoms with Crippen LogP contribution >= 0.6 is 0 Å². The second kappa shape index (κ2) is 14.0. The van der Waals surface area contributed by atoms with Gasteiger partial charge in [0.05, 0.1) is 14.2 Å². The first-order chi connectivity index (χ1) is 12.6. The number of ether oxygens (including phenoxy) is 3. The molecule has 0 saturated carbocycles. The van der Waals surface area contributed by atoms with Gasteiger partial charge in [0.2, 0.25) is 0 Å². The van der Waals surface area contributed by atoms with Crippen molar-refractivity contribution in [1.82, 2.24) is 0 Å². The summed E-state index contributed by atoms with van der Waals surface area (Å²) in [5.74, 6) is -0.250. The summed E-state index contributed by atoms with van der Waals surface area (Å²) in [5.41, 5.74) is 0.341. The van der Waals surface area contributed by atoms with Crippen LogP contribution in [0.25, 0.3) is 0 Å². The molecule has 0 aliphatic carbocycles. The second-order valence-corrected chi connectivity index (χ2v) is 9.01. The minimum atomic E-state index is -0.125. The number of hydrogen-bond donors (Lipinski definition) is 0. The highest BCUT2D eigenvalue weighted by Gasteiger charge is 2.20. The van der Waals surface area contributed by atoms with Gasteiger partial charge in [0.15, 0.2) is 0 Å². The van der Waals surface area contributed by atoms with Gasteiger partial charge in [-0.05, 0) is 49.4 Å². The molecule has 0 radical (unpaired) electrons. The average molecular weight is 387 g/mol. The van der Waals surface area contributed by atoms with Gasteiger partial charge in [-0.2, -0.15) is 0 Å². The summed E-state index contributed by atoms with van der Waals surface area (Å²) in [4.78, 5) is 22.5. The predicted molar refractivity (Wildman–Crippen MR) is 109 cm³/mol. The summed E-state index contributed by atoms with van der Waals surface area (Å²) in [6, 6.07) is 0. The smallest absolute Gasteiger partial charge is 0.305 e. The fourth-order valence-electron chi connectivity index (χ4n) is 3.05. The van der Waals surface area contributed by atoms with Crippen LogP contribution < -0.4 is 0 Å². The molecule has 0 amide bonds. The highest BCUT2D eigenvalue weighted by Crippen LogP contribution is 2.30. The zero-order valence-electron chi connectivity index (χ0n) is 18.5. The van der Waals surface area contributed by atoms with E-state index < -0.39 is 0 Å². The Hall–Kier alpha value is -1.10. The van der Waals surface area contributed by atoms with Gasteiger partial charge in [0, 0.05) is 26.1 Å². The fraction of sp³-hybridized carbons (Fsp3) is 0.909. The molecular formula is C22H42O5. The maximum atomic E-state index is 11.2. The molecule has 0 aromatic rings. The van der Waals surface area contributed by atoms with Crippen LogP contribution in [-0.4, -0.2) is 39.4 Å². The van der Waals surface area contributed by atoms with Gasteiger partial charge in [-0.15, -0.1) is 0 Å². The minimum Gasteiger partial charge on any atom is -0.469 e. The summed E-state index contributed by atoms with van der Waals surface area (Å²) in [5, 5.41) is 0. The number of unbranched alkanes of at least 4 members (excludes halogenated alkanes) is 2. The van der Waals surface area contributed by atoms with Crippen molar-refractivity contribution in [3.63, 3.8) is 0 Å². The summed E-state index contributed by atoms with van der Waals surface area (Å²) in [7, 11) is 2.88. The summed E-state index contributed by atoms with van der Waals surface area (Å²) in [6.07, 6.45) is 9.29. The van der Waals surface area contributed by atoms with Crippen molar-refractivity contribution in [3.8, 4) is 0 Å². The highest BCUT2D eigenvalue weighted by atomic mass is 16.5. The van der Waals surface area contributed by atoms with Crippen molar-refractivity contribution >= 4 is 11.9 Å². The molecule has 0 unspecified atom stereocenters. The van der Waals surface area contributed by atoms with Gasteiger partial charge in [0.1, 0.15) is 0 Å². The van der Waals surface area contributed by atoms with Gasteiger partial charge >= 0.3 is 11.9 Å². The minimum absolute atomic E-state index is 0.125. The lowest BCUT2D eigenvalue weighted by molar-refractivity contribution is -0.142. The molecule has 5 heteroatoms. The van der Waals surface area contributed by atoms with Gasteiger partial charge in [-0.1, -0.05) is 40.5 Å². The lowest BCUT2D eigenvalue weighted by atomic mass is 9.83. The largest absolute Gasteiger partial charge is 0.469 e. The van der Waals surface area contributed by atoms with Crippen LogP contribution in [0.15, 0.2) is 0 Å². The maximum absolute atomic E-state index is 11.2. The molecule has 0 aliphatic heterocycles. The van der Waals surface area contributed by atoms with Gasteiger partial charge in [-0.3, -0.25) is 9.59 Å². The Labute approximate surface area is 166 Å². The van der Waals surface area contributed by atoms with E-state index in [1.807, 2.05) is 0 Å². The van der Waals surface area contributed by atoms with Crippen LogP contribution in [0.5, 0.6) is 0 Å². The van der Waals surface area contributed by atoms with E-state index in [0.29, 0.717) is 12.8 Å². The first-order valence-electron chi connectivity index (χ1n) is 10.3. The zero-order chi connectivity index (χ0) is 20.8. The average Bonchev–Trinajstić information content (AvgIpc) is 2.62. The quantitative estimate of drug-likeness (QED) is 0.266. The lowest BCUT2D eigenvalue weighted by Gasteiger charge is -2.24. The molecule has 27 heavy (non-hydrogen) atoms. The summed E-state index contributed by atoms with van der Waals surface area (Å²) in [6.45, 7) is 10.4. The Kier molecular flexibility index (Phi) is 13.4. The number of carbonyl (C=O) groups excluding carboxylic acids is 2. The van der Waals surface area contributed by atoms with Gasteiger partial charge in [0.25, 0.3) is 0 Å². The zero-order valence-corrected chi connectivity index (χ0v) is 18.5. The molecule has 0 N–H and O–H groups in total. The molecule has 0 heterocycles. The monoisotopic (exact) mass is 386 g/mol. The van der Waals surface area contributed by atoms with E-state index in [2.05, 4.69) is 27.7 Å². The standard InChI is InChI=1S/C22H42O5/c1-21(2,15-11-19(23)25-5)13-7-9-17-27-18-10-8-14-22(3,4)16-12-20(24)26-6/h7-18H2,1-6H3. The molecule has 0 aromatic heterocycles. The topological polar surface area (TPSA) is 61.8 Å². The van der Waals surface area contributed by atoms with Crippen LogP contribution in [0.2, 0.25) is 0 Å². The number of rotatable bonds is 16. The number of esters is 2. The van der Waals surface area contributed by atoms with E-state index in [1.54, 1.807) is 0 Å². The SMILES string of the molecule is COC(=O)CCC(C)(C)CCCCOCCCCC(C)(C)CCC(=O)OC. The normalized spacial score (nSPS) is 12.1. The molecule has 0 fully saturated rings. The molecule has 0 bridgehead atoms. The summed E-state index contributed by atoms with van der Waals surface area (Å²) >= 11 is 0. The van der Waals surface area contributed by atoms with Crippen molar-refractivity contribution in [1.29, 1.82) is 0 Å². The Morgan fingerprint density at radius 2 is 1.00 bits per heavy atom. The van der Waals surface area contributed by atoms with Crippen molar-refractivity contribution in [3.05, 3.63) is 0 Å². The van der Waals surface area contributed by atoms with Crippen molar-refractivity contribution < 1.29 is 23.8 Å². The third-order valence-corrected chi connectivity index (χ3v) is 5.25. The molecule has 0 rings (SSSR count). The van der Waals surface area contributed by atoms with E-state index in [9.17, 15) is 9.59 Å². The molecule has 0 spiro atoms. The maximum Gasteiger partial charge on any atom is 0.305 e. The van der Waals surface area contributed by atoms with Crippen LogP contribution in [0, 0.1) is 10.8 Å². The van der Waals surface area contributed by atoms with E-state index in [4.69, 9.17) is 14.2 Å². The molecule has 5 nitrogen and oxygen atoms in total. The van der Waals surface area contributed by atoms with E-state index in [1.165, 1.54) is 14.2 Å². The van der Waals surface area contributed by atoms with E-state index >= 15 is 0 Å². The lowest BCUT2D eigenvalue weighted by Crippen LogP contribution is -2.15. The number of hydrogen-bond acceptors (Lipinski definition) is 5. The van der Waals surface area contributed by atoms with Crippen LogP contribution in [0.4, 0.5) is 0 Å². The van der Waals surface area contributed by atoms with Crippen molar-refractivity contribution in [2.75, 3.05) is 27.4 Å². The number of carbonyl (C=O) groups is 2. The molecule has 0 aromatic carbocycles. The third-order valence-electron chi connectivity index (χ3n) is 5.25.